The number of ether oxygens (including phenoxy) is 3. The lowest BCUT2D eigenvalue weighted by Gasteiger charge is -2.14. The molecule has 0 N–H and O–H groups in total. The van der Waals surface area contributed by atoms with E-state index >= 15 is 0 Å². The number of hydrogen-bond acceptors (Lipinski definition) is 7. The summed E-state index contributed by atoms with van der Waals surface area (Å²) in [5.74, 6) is 0.492. The summed E-state index contributed by atoms with van der Waals surface area (Å²) in [5, 5.41) is 0. The van der Waals surface area contributed by atoms with E-state index in [9.17, 15) is 9.59 Å². The molecular weight excluding hydrogens is 514 g/mol. The number of methoxy groups -OCH3 is 2. The van der Waals surface area contributed by atoms with Gasteiger partial charge in [0, 0.05) is 6.54 Å². The van der Waals surface area contributed by atoms with Crippen molar-refractivity contribution in [3.8, 4) is 11.5 Å². The first kappa shape index (κ1) is 24.3. The molecule has 0 aliphatic carbocycles. The normalized spacial score (nSPS) is 14.8. The number of aryl methyl sites for hydroxylation is 1. The van der Waals surface area contributed by atoms with Crippen LogP contribution in [0.2, 0.25) is 0 Å². The van der Waals surface area contributed by atoms with Crippen molar-refractivity contribution in [1.29, 1.82) is 0 Å². The number of rotatable bonds is 8. The Labute approximate surface area is 205 Å². The van der Waals surface area contributed by atoms with Crippen LogP contribution in [0.1, 0.15) is 23.1 Å². The van der Waals surface area contributed by atoms with Gasteiger partial charge in [-0.2, -0.15) is 0 Å². The van der Waals surface area contributed by atoms with E-state index in [1.807, 2.05) is 37.3 Å². The SMILES string of the molecule is COC(=O)CCN1C(=O)/C(=C/c2cc(Br)c(OCc3ccc(C)cc3)c(OC)c2)SC1=S. The third-order valence-corrected chi connectivity index (χ3v) is 6.66. The van der Waals surface area contributed by atoms with Crippen LogP contribution in [0.15, 0.2) is 45.8 Å². The van der Waals surface area contributed by atoms with Crippen molar-refractivity contribution in [2.24, 2.45) is 0 Å². The first-order chi connectivity index (χ1) is 15.3. The fourth-order valence-corrected chi connectivity index (χ4v) is 4.84. The van der Waals surface area contributed by atoms with Crippen LogP contribution < -0.4 is 9.47 Å². The van der Waals surface area contributed by atoms with Gasteiger partial charge in [0.25, 0.3) is 5.91 Å². The van der Waals surface area contributed by atoms with Crippen LogP contribution >= 0.6 is 39.9 Å². The van der Waals surface area contributed by atoms with Gasteiger partial charge < -0.3 is 14.2 Å². The Morgan fingerprint density at radius 1 is 1.22 bits per heavy atom. The molecule has 1 saturated heterocycles. The van der Waals surface area contributed by atoms with E-state index in [-0.39, 0.29) is 18.9 Å². The Bertz CT molecular complexity index is 1070. The molecule has 1 heterocycles. The van der Waals surface area contributed by atoms with Crippen molar-refractivity contribution in [2.45, 2.75) is 20.0 Å². The molecule has 2 aromatic rings. The fraction of sp³-hybridized carbons (Fsp3) is 0.261. The minimum atomic E-state index is -0.391. The molecule has 0 radical (unpaired) electrons. The molecule has 1 aliphatic rings. The van der Waals surface area contributed by atoms with Crippen LogP contribution in [0.4, 0.5) is 0 Å². The highest BCUT2D eigenvalue weighted by Gasteiger charge is 2.32. The van der Waals surface area contributed by atoms with Gasteiger partial charge in [0.15, 0.2) is 11.5 Å². The highest BCUT2D eigenvalue weighted by Crippen LogP contribution is 2.39. The van der Waals surface area contributed by atoms with Gasteiger partial charge in [-0.25, -0.2) is 0 Å². The Morgan fingerprint density at radius 3 is 2.59 bits per heavy atom. The molecule has 1 aliphatic heterocycles. The molecule has 0 saturated carbocycles. The summed E-state index contributed by atoms with van der Waals surface area (Å²) < 4.78 is 17.3. The smallest absolute Gasteiger partial charge is 0.307 e. The monoisotopic (exact) mass is 535 g/mol. The summed E-state index contributed by atoms with van der Waals surface area (Å²) >= 11 is 10.0. The number of carbonyl (C=O) groups excluding carboxylic acids is 2. The number of benzene rings is 2. The fourth-order valence-electron chi connectivity index (χ4n) is 2.95. The Balaban J connectivity index is 1.77. The second kappa shape index (κ2) is 11.0. The second-order valence-corrected chi connectivity index (χ2v) is 9.50. The number of thioether (sulfide) groups is 1. The van der Waals surface area contributed by atoms with Gasteiger partial charge in [-0.1, -0.05) is 53.8 Å². The summed E-state index contributed by atoms with van der Waals surface area (Å²) in [6, 6.07) is 11.8. The van der Waals surface area contributed by atoms with Crippen LogP contribution in [-0.2, 0) is 20.9 Å². The van der Waals surface area contributed by atoms with Crippen molar-refractivity contribution in [3.05, 3.63) is 62.5 Å². The van der Waals surface area contributed by atoms with Crippen LogP contribution in [0, 0.1) is 6.92 Å². The van der Waals surface area contributed by atoms with Crippen LogP contribution in [0.3, 0.4) is 0 Å². The summed E-state index contributed by atoms with van der Waals surface area (Å²) in [5.41, 5.74) is 2.99. The molecule has 3 rings (SSSR count). The van der Waals surface area contributed by atoms with E-state index in [1.165, 1.54) is 29.3 Å². The Hall–Kier alpha value is -2.36. The summed E-state index contributed by atoms with van der Waals surface area (Å²) in [4.78, 5) is 26.0. The maximum Gasteiger partial charge on any atom is 0.307 e. The van der Waals surface area contributed by atoms with E-state index < -0.39 is 5.97 Å². The molecule has 2 aromatic carbocycles. The molecule has 6 nitrogen and oxygen atoms in total. The minimum absolute atomic E-state index is 0.0859. The third-order valence-electron chi connectivity index (χ3n) is 4.69. The van der Waals surface area contributed by atoms with Gasteiger partial charge in [0.1, 0.15) is 10.9 Å². The largest absolute Gasteiger partial charge is 0.493 e. The lowest BCUT2D eigenvalue weighted by atomic mass is 10.1. The molecule has 1 amide bonds. The highest BCUT2D eigenvalue weighted by atomic mass is 79.9. The summed E-state index contributed by atoms with van der Waals surface area (Å²) in [6.07, 6.45) is 1.83. The molecule has 32 heavy (non-hydrogen) atoms. The zero-order chi connectivity index (χ0) is 23.3. The van der Waals surface area contributed by atoms with E-state index in [0.717, 1.165) is 11.1 Å². The standard InChI is InChI=1S/C23H22BrNO5S2/c1-14-4-6-15(7-5-14)13-30-21-17(24)10-16(11-18(21)28-2)12-19-22(27)25(23(31)32-19)9-8-20(26)29-3/h4-7,10-12H,8-9,13H2,1-3H3/b19-12-. The zero-order valence-corrected chi connectivity index (χ0v) is 21.1. The van der Waals surface area contributed by atoms with Gasteiger partial charge in [-0.3, -0.25) is 14.5 Å². The minimum Gasteiger partial charge on any atom is -0.493 e. The van der Waals surface area contributed by atoms with E-state index in [2.05, 4.69) is 20.7 Å². The van der Waals surface area contributed by atoms with E-state index in [4.69, 9.17) is 21.7 Å². The van der Waals surface area contributed by atoms with Crippen molar-refractivity contribution in [3.63, 3.8) is 0 Å². The molecule has 168 valence electrons. The van der Waals surface area contributed by atoms with Gasteiger partial charge >= 0.3 is 5.97 Å². The summed E-state index contributed by atoms with van der Waals surface area (Å²) in [7, 11) is 2.88. The number of halogens is 1. The Kier molecular flexibility index (Phi) is 8.33. The molecule has 0 atom stereocenters. The molecule has 0 aromatic heterocycles. The maximum atomic E-state index is 12.7. The quantitative estimate of drug-likeness (QED) is 0.264. The van der Waals surface area contributed by atoms with Crippen LogP contribution in [0.25, 0.3) is 6.08 Å². The predicted octanol–water partition coefficient (Wildman–Crippen LogP) is 5.11. The Morgan fingerprint density at radius 2 is 1.94 bits per heavy atom. The third kappa shape index (κ3) is 5.90. The van der Waals surface area contributed by atoms with Crippen molar-refractivity contribution >= 4 is 62.2 Å². The lowest BCUT2D eigenvalue weighted by Crippen LogP contribution is -2.30. The van der Waals surface area contributed by atoms with Gasteiger partial charge in [-0.05, 0) is 52.2 Å². The first-order valence-electron chi connectivity index (χ1n) is 9.70. The van der Waals surface area contributed by atoms with Crippen molar-refractivity contribution in [2.75, 3.05) is 20.8 Å². The topological polar surface area (TPSA) is 65.1 Å². The van der Waals surface area contributed by atoms with Gasteiger partial charge in [0.2, 0.25) is 0 Å². The van der Waals surface area contributed by atoms with Gasteiger partial charge in [-0.15, -0.1) is 0 Å². The number of hydrogen-bond donors (Lipinski definition) is 0. The zero-order valence-electron chi connectivity index (χ0n) is 17.8. The molecule has 0 unspecified atom stereocenters. The molecule has 0 bridgehead atoms. The average molecular weight is 536 g/mol. The van der Waals surface area contributed by atoms with Crippen LogP contribution in [0.5, 0.6) is 11.5 Å². The second-order valence-electron chi connectivity index (χ2n) is 6.97. The molecule has 1 fully saturated rings. The number of thiocarbonyl (C=S) groups is 1. The first-order valence-corrected chi connectivity index (χ1v) is 11.7. The lowest BCUT2D eigenvalue weighted by molar-refractivity contribution is -0.140. The van der Waals surface area contributed by atoms with Crippen molar-refractivity contribution in [1.82, 2.24) is 4.90 Å². The maximum absolute atomic E-state index is 12.7. The molecule has 9 heteroatoms. The number of carbonyl (C=O) groups is 2. The highest BCUT2D eigenvalue weighted by molar-refractivity contribution is 9.10. The summed E-state index contributed by atoms with van der Waals surface area (Å²) in [6.45, 7) is 2.62. The molecule has 0 spiro atoms. The van der Waals surface area contributed by atoms with E-state index in [1.54, 1.807) is 19.3 Å². The number of nitrogens with zero attached hydrogens (tertiary/aromatic N) is 1. The number of esters is 1. The van der Waals surface area contributed by atoms with Crippen LogP contribution in [-0.4, -0.2) is 41.9 Å². The van der Waals surface area contributed by atoms with E-state index in [0.29, 0.717) is 31.8 Å². The van der Waals surface area contributed by atoms with Crippen molar-refractivity contribution < 1.29 is 23.8 Å². The average Bonchev–Trinajstić information content (AvgIpc) is 3.04. The number of amides is 1. The van der Waals surface area contributed by atoms with Gasteiger partial charge in [0.05, 0.1) is 30.0 Å². The predicted molar refractivity (Wildman–Crippen MR) is 133 cm³/mol. The molecular formula is C23H22BrNO5S2.